The van der Waals surface area contributed by atoms with E-state index in [2.05, 4.69) is 0 Å². The first-order chi connectivity index (χ1) is 7.95. The van der Waals surface area contributed by atoms with E-state index in [1.54, 1.807) is 11.8 Å². The lowest BCUT2D eigenvalue weighted by molar-refractivity contribution is -0.137. The smallest absolute Gasteiger partial charge is 0.416 e. The van der Waals surface area contributed by atoms with Gasteiger partial charge in [-0.1, -0.05) is 0 Å². The highest BCUT2D eigenvalue weighted by Gasteiger charge is 2.30. The summed E-state index contributed by atoms with van der Waals surface area (Å²) in [5, 5.41) is 0. The molecule has 0 bridgehead atoms. The molecule has 17 heavy (non-hydrogen) atoms. The molecule has 0 saturated carbocycles. The Morgan fingerprint density at radius 3 is 2.59 bits per heavy atom. The summed E-state index contributed by atoms with van der Waals surface area (Å²) in [6, 6.07) is 3.13. The van der Waals surface area contributed by atoms with Gasteiger partial charge >= 0.3 is 6.18 Å². The monoisotopic (exact) mass is 265 g/mol. The number of halogens is 3. The van der Waals surface area contributed by atoms with Crippen molar-refractivity contribution in [3.63, 3.8) is 0 Å². The van der Waals surface area contributed by atoms with Gasteiger partial charge in [0.2, 0.25) is 0 Å². The Bertz CT molecular complexity index is 368. The highest BCUT2D eigenvalue weighted by molar-refractivity contribution is 7.98. The minimum atomic E-state index is -4.37. The summed E-state index contributed by atoms with van der Waals surface area (Å²) in [6.45, 7) is 0.455. The van der Waals surface area contributed by atoms with E-state index in [1.165, 1.54) is 6.07 Å². The zero-order valence-corrected chi connectivity index (χ0v) is 10.2. The number of alkyl halides is 3. The lowest BCUT2D eigenvalue weighted by Crippen LogP contribution is -2.07. The van der Waals surface area contributed by atoms with Crippen LogP contribution in [0.25, 0.3) is 0 Å². The number of hydrogen-bond acceptors (Lipinski definition) is 3. The third kappa shape index (κ3) is 4.38. The Morgan fingerprint density at radius 1 is 1.35 bits per heavy atom. The molecular formula is C11H14F3NOS. The molecule has 0 atom stereocenters. The van der Waals surface area contributed by atoms with Crippen molar-refractivity contribution in [1.29, 1.82) is 0 Å². The molecule has 6 heteroatoms. The SMILES string of the molecule is CSCCCOc1ccc(C(F)(F)F)cc1N. The summed E-state index contributed by atoms with van der Waals surface area (Å²) in [4.78, 5) is 0. The summed E-state index contributed by atoms with van der Waals surface area (Å²) in [5.41, 5.74) is 4.76. The molecule has 0 saturated heterocycles. The molecule has 0 aromatic heterocycles. The predicted octanol–water partition coefficient (Wildman–Crippen LogP) is 3.42. The number of anilines is 1. The van der Waals surface area contributed by atoms with E-state index >= 15 is 0 Å². The van der Waals surface area contributed by atoms with Gasteiger partial charge in [-0.3, -0.25) is 0 Å². The second-order valence-electron chi connectivity index (χ2n) is 3.45. The minimum Gasteiger partial charge on any atom is -0.491 e. The molecule has 2 nitrogen and oxygen atoms in total. The fourth-order valence-corrected chi connectivity index (χ4v) is 1.65. The van der Waals surface area contributed by atoms with Crippen LogP contribution in [-0.4, -0.2) is 18.6 Å². The fraction of sp³-hybridized carbons (Fsp3) is 0.455. The molecule has 0 spiro atoms. The van der Waals surface area contributed by atoms with Crippen molar-refractivity contribution in [2.75, 3.05) is 24.3 Å². The summed E-state index contributed by atoms with van der Waals surface area (Å²) in [5.74, 6) is 1.25. The molecule has 0 heterocycles. The van der Waals surface area contributed by atoms with Crippen molar-refractivity contribution in [2.24, 2.45) is 0 Å². The van der Waals surface area contributed by atoms with Crippen LogP contribution >= 0.6 is 11.8 Å². The second-order valence-corrected chi connectivity index (χ2v) is 4.43. The standard InChI is InChI=1S/C11H14F3NOS/c1-17-6-2-5-16-10-4-3-8(7-9(10)15)11(12,13)14/h3-4,7H,2,5-6,15H2,1H3. The molecule has 2 N–H and O–H groups in total. The number of thioether (sulfide) groups is 1. The van der Waals surface area contributed by atoms with Crippen molar-refractivity contribution < 1.29 is 17.9 Å². The summed E-state index contributed by atoms with van der Waals surface area (Å²) in [7, 11) is 0. The van der Waals surface area contributed by atoms with E-state index in [1.807, 2.05) is 6.26 Å². The maximum Gasteiger partial charge on any atom is 0.416 e. The van der Waals surface area contributed by atoms with Crippen molar-refractivity contribution in [3.05, 3.63) is 23.8 Å². The van der Waals surface area contributed by atoms with E-state index in [0.29, 0.717) is 12.4 Å². The molecular weight excluding hydrogens is 251 g/mol. The van der Waals surface area contributed by atoms with Gasteiger partial charge < -0.3 is 10.5 Å². The maximum absolute atomic E-state index is 12.4. The molecule has 0 aliphatic carbocycles. The van der Waals surface area contributed by atoms with Crippen molar-refractivity contribution in [2.45, 2.75) is 12.6 Å². The van der Waals surface area contributed by atoms with Gasteiger partial charge in [-0.2, -0.15) is 24.9 Å². The van der Waals surface area contributed by atoms with Crippen LogP contribution in [-0.2, 0) is 6.18 Å². The Morgan fingerprint density at radius 2 is 2.06 bits per heavy atom. The van der Waals surface area contributed by atoms with Gasteiger partial charge in [0.1, 0.15) is 5.75 Å². The van der Waals surface area contributed by atoms with E-state index in [-0.39, 0.29) is 5.69 Å². The highest BCUT2D eigenvalue weighted by Crippen LogP contribution is 2.33. The Labute approximate surface area is 102 Å². The Balaban J connectivity index is 2.64. The van der Waals surface area contributed by atoms with Crippen molar-refractivity contribution >= 4 is 17.4 Å². The van der Waals surface area contributed by atoms with Crippen molar-refractivity contribution in [1.82, 2.24) is 0 Å². The zero-order valence-electron chi connectivity index (χ0n) is 9.38. The van der Waals surface area contributed by atoms with Gasteiger partial charge in [0.15, 0.2) is 0 Å². The largest absolute Gasteiger partial charge is 0.491 e. The Kier molecular flexibility index (Phi) is 4.99. The van der Waals surface area contributed by atoms with E-state index < -0.39 is 11.7 Å². The van der Waals surface area contributed by atoms with Crippen LogP contribution in [0.5, 0.6) is 5.75 Å². The number of ether oxygens (including phenoxy) is 1. The van der Waals surface area contributed by atoms with Gasteiger partial charge in [0.25, 0.3) is 0 Å². The average molecular weight is 265 g/mol. The van der Waals surface area contributed by atoms with Gasteiger partial charge in [-0.15, -0.1) is 0 Å². The quantitative estimate of drug-likeness (QED) is 0.654. The molecule has 96 valence electrons. The van der Waals surface area contributed by atoms with Crippen LogP contribution in [0.15, 0.2) is 18.2 Å². The molecule has 0 aliphatic rings. The van der Waals surface area contributed by atoms with Gasteiger partial charge in [0, 0.05) is 0 Å². The fourth-order valence-electron chi connectivity index (χ4n) is 1.24. The topological polar surface area (TPSA) is 35.2 Å². The average Bonchev–Trinajstić information content (AvgIpc) is 2.24. The van der Waals surface area contributed by atoms with E-state index in [0.717, 1.165) is 24.3 Å². The molecule has 0 unspecified atom stereocenters. The molecule has 0 fully saturated rings. The normalized spacial score (nSPS) is 11.5. The Hall–Kier alpha value is -1.04. The maximum atomic E-state index is 12.4. The molecule has 1 rings (SSSR count). The van der Waals surface area contributed by atoms with Gasteiger partial charge in [-0.25, -0.2) is 0 Å². The number of hydrogen-bond donors (Lipinski definition) is 1. The molecule has 0 radical (unpaired) electrons. The first-order valence-corrected chi connectivity index (χ1v) is 6.43. The first kappa shape index (κ1) is 14.0. The van der Waals surface area contributed by atoms with Crippen LogP contribution in [0.1, 0.15) is 12.0 Å². The van der Waals surface area contributed by atoms with Gasteiger partial charge in [-0.05, 0) is 36.6 Å². The minimum absolute atomic E-state index is 0.0176. The van der Waals surface area contributed by atoms with Crippen LogP contribution < -0.4 is 10.5 Å². The second kappa shape index (κ2) is 6.05. The predicted molar refractivity (Wildman–Crippen MR) is 64.4 cm³/mol. The van der Waals surface area contributed by atoms with E-state index in [4.69, 9.17) is 10.5 Å². The lowest BCUT2D eigenvalue weighted by atomic mass is 10.2. The first-order valence-electron chi connectivity index (χ1n) is 5.03. The highest BCUT2D eigenvalue weighted by atomic mass is 32.2. The lowest BCUT2D eigenvalue weighted by Gasteiger charge is -2.11. The third-order valence-electron chi connectivity index (χ3n) is 2.09. The van der Waals surface area contributed by atoms with Crippen LogP contribution in [0.3, 0.4) is 0 Å². The number of rotatable bonds is 5. The third-order valence-corrected chi connectivity index (χ3v) is 2.78. The summed E-state index contributed by atoms with van der Waals surface area (Å²) in [6.07, 6.45) is -1.56. The number of nitrogen functional groups attached to an aromatic ring is 1. The number of nitrogens with two attached hydrogens (primary N) is 1. The van der Waals surface area contributed by atoms with E-state index in [9.17, 15) is 13.2 Å². The molecule has 0 amide bonds. The van der Waals surface area contributed by atoms with Crippen LogP contribution in [0.2, 0.25) is 0 Å². The molecule has 0 aliphatic heterocycles. The summed E-state index contributed by atoms with van der Waals surface area (Å²) >= 11 is 1.69. The zero-order chi connectivity index (χ0) is 12.9. The van der Waals surface area contributed by atoms with Crippen LogP contribution in [0.4, 0.5) is 18.9 Å². The molecule has 1 aromatic rings. The van der Waals surface area contributed by atoms with Crippen molar-refractivity contribution in [3.8, 4) is 5.75 Å². The van der Waals surface area contributed by atoms with Gasteiger partial charge in [0.05, 0.1) is 17.9 Å². The summed E-state index contributed by atoms with van der Waals surface area (Å²) < 4.78 is 42.4. The number of benzene rings is 1. The van der Waals surface area contributed by atoms with Crippen LogP contribution in [0, 0.1) is 0 Å². The molecule has 1 aromatic carbocycles.